The predicted molar refractivity (Wildman–Crippen MR) is 134 cm³/mol. The maximum atomic E-state index is 12.4. The van der Waals surface area contributed by atoms with E-state index in [9.17, 15) is 9.59 Å². The Morgan fingerprint density at radius 2 is 1.24 bits per heavy atom. The van der Waals surface area contributed by atoms with Crippen molar-refractivity contribution in [3.05, 3.63) is 65.2 Å². The van der Waals surface area contributed by atoms with Crippen molar-refractivity contribution in [3.63, 3.8) is 0 Å². The van der Waals surface area contributed by atoms with Crippen molar-refractivity contribution in [2.75, 3.05) is 13.2 Å². The Kier molecular flexibility index (Phi) is 13.0. The summed E-state index contributed by atoms with van der Waals surface area (Å²) >= 11 is 0. The van der Waals surface area contributed by atoms with E-state index in [4.69, 9.17) is 9.47 Å². The minimum Gasteiger partial charge on any atom is -0.494 e. The number of hydrogen-bond acceptors (Lipinski definition) is 4. The molecule has 0 amide bonds. The summed E-state index contributed by atoms with van der Waals surface area (Å²) in [5.41, 5.74) is 2.20. The van der Waals surface area contributed by atoms with E-state index < -0.39 is 5.97 Å². The maximum absolute atomic E-state index is 12.4. The first kappa shape index (κ1) is 26.6. The SMILES string of the molecule is CCCCCCCCOc1ccc(C(=O)COC(=O)c2ccc(CCCCCC)cc2)cc1. The fraction of sp³-hybridized carbons (Fsp3) is 0.517. The molecule has 0 saturated carbocycles. The highest BCUT2D eigenvalue weighted by Crippen LogP contribution is 2.15. The predicted octanol–water partition coefficient (Wildman–Crippen LogP) is 7.59. The zero-order valence-corrected chi connectivity index (χ0v) is 20.4. The Morgan fingerprint density at radius 3 is 1.91 bits per heavy atom. The van der Waals surface area contributed by atoms with Crippen LogP contribution in [0.4, 0.5) is 0 Å². The average Bonchev–Trinajstić information content (AvgIpc) is 2.85. The normalized spacial score (nSPS) is 10.7. The lowest BCUT2D eigenvalue weighted by Gasteiger charge is -2.08. The second kappa shape index (κ2) is 16.1. The van der Waals surface area contributed by atoms with Crippen LogP contribution in [0, 0.1) is 0 Å². The number of carbonyl (C=O) groups excluding carboxylic acids is 2. The minimum absolute atomic E-state index is 0.224. The van der Waals surface area contributed by atoms with Crippen LogP contribution in [0.5, 0.6) is 5.75 Å². The average molecular weight is 453 g/mol. The number of ether oxygens (including phenoxy) is 2. The summed E-state index contributed by atoms with van der Waals surface area (Å²) in [5.74, 6) is 0.0602. The summed E-state index contributed by atoms with van der Waals surface area (Å²) in [7, 11) is 0. The van der Waals surface area contributed by atoms with E-state index >= 15 is 0 Å². The Labute approximate surface area is 199 Å². The van der Waals surface area contributed by atoms with Gasteiger partial charge in [0.15, 0.2) is 12.4 Å². The second-order valence-corrected chi connectivity index (χ2v) is 8.65. The first-order chi connectivity index (χ1) is 16.1. The summed E-state index contributed by atoms with van der Waals surface area (Å²) in [5, 5.41) is 0. The molecule has 0 heterocycles. The number of rotatable bonds is 17. The standard InChI is InChI=1S/C29H40O4/c1-3-5-7-9-10-12-22-32-27-20-18-25(19-21-27)28(30)23-33-29(31)26-16-14-24(15-17-26)13-11-8-6-4-2/h14-21H,3-13,22-23H2,1-2H3. The molecule has 2 rings (SSSR count). The highest BCUT2D eigenvalue weighted by atomic mass is 16.5. The zero-order chi connectivity index (χ0) is 23.7. The molecular formula is C29H40O4. The van der Waals surface area contributed by atoms with Gasteiger partial charge in [0.1, 0.15) is 5.75 Å². The first-order valence-corrected chi connectivity index (χ1v) is 12.7. The van der Waals surface area contributed by atoms with Crippen LogP contribution in [0.15, 0.2) is 48.5 Å². The molecule has 2 aromatic carbocycles. The van der Waals surface area contributed by atoms with Crippen LogP contribution >= 0.6 is 0 Å². The number of carbonyl (C=O) groups is 2. The molecule has 4 heteroatoms. The third-order valence-corrected chi connectivity index (χ3v) is 5.79. The quantitative estimate of drug-likeness (QED) is 0.141. The van der Waals surface area contributed by atoms with Crippen molar-refractivity contribution < 1.29 is 19.1 Å². The van der Waals surface area contributed by atoms with Crippen LogP contribution in [0.3, 0.4) is 0 Å². The van der Waals surface area contributed by atoms with E-state index in [1.54, 1.807) is 36.4 Å². The summed E-state index contributed by atoms with van der Waals surface area (Å²) in [6.07, 6.45) is 13.2. The molecule has 0 radical (unpaired) electrons. The van der Waals surface area contributed by atoms with E-state index in [1.807, 2.05) is 12.1 Å². The van der Waals surface area contributed by atoms with Gasteiger partial charge in [-0.15, -0.1) is 0 Å². The van der Waals surface area contributed by atoms with Gasteiger partial charge < -0.3 is 9.47 Å². The monoisotopic (exact) mass is 452 g/mol. The van der Waals surface area contributed by atoms with Crippen molar-refractivity contribution >= 4 is 11.8 Å². The number of ketones is 1. The van der Waals surface area contributed by atoms with Gasteiger partial charge in [-0.25, -0.2) is 4.79 Å². The molecule has 0 unspecified atom stereocenters. The lowest BCUT2D eigenvalue weighted by Crippen LogP contribution is -2.14. The molecule has 0 atom stereocenters. The molecule has 0 saturated heterocycles. The van der Waals surface area contributed by atoms with Gasteiger partial charge in [0, 0.05) is 5.56 Å². The lowest BCUT2D eigenvalue weighted by molar-refractivity contribution is 0.0474. The molecule has 0 aliphatic rings. The Bertz CT molecular complexity index is 809. The summed E-state index contributed by atoms with van der Waals surface area (Å²) in [6.45, 7) is 4.84. The molecule has 4 nitrogen and oxygen atoms in total. The second-order valence-electron chi connectivity index (χ2n) is 8.65. The maximum Gasteiger partial charge on any atom is 0.338 e. The Morgan fingerprint density at radius 1 is 0.667 bits per heavy atom. The molecule has 0 bridgehead atoms. The molecule has 33 heavy (non-hydrogen) atoms. The number of unbranched alkanes of at least 4 members (excludes halogenated alkanes) is 8. The molecule has 180 valence electrons. The minimum atomic E-state index is -0.472. The van der Waals surface area contributed by atoms with Crippen LogP contribution in [0.25, 0.3) is 0 Å². The summed E-state index contributed by atoms with van der Waals surface area (Å²) in [6, 6.07) is 14.5. The fourth-order valence-corrected chi connectivity index (χ4v) is 3.67. The molecule has 2 aromatic rings. The number of aryl methyl sites for hydroxylation is 1. The van der Waals surface area contributed by atoms with E-state index in [0.29, 0.717) is 17.7 Å². The molecule has 0 N–H and O–H groups in total. The van der Waals surface area contributed by atoms with Gasteiger partial charge in [-0.2, -0.15) is 0 Å². The Balaban J connectivity index is 1.69. The number of hydrogen-bond donors (Lipinski definition) is 0. The highest BCUT2D eigenvalue weighted by molar-refractivity contribution is 5.99. The van der Waals surface area contributed by atoms with Crippen LogP contribution in [0.2, 0.25) is 0 Å². The molecular weight excluding hydrogens is 412 g/mol. The topological polar surface area (TPSA) is 52.6 Å². The van der Waals surface area contributed by atoms with Crippen molar-refractivity contribution in [2.45, 2.75) is 84.5 Å². The van der Waals surface area contributed by atoms with Crippen LogP contribution in [0.1, 0.15) is 104 Å². The molecule has 0 fully saturated rings. The third kappa shape index (κ3) is 10.7. The van der Waals surface area contributed by atoms with Gasteiger partial charge in [0.05, 0.1) is 12.2 Å². The van der Waals surface area contributed by atoms with E-state index in [-0.39, 0.29) is 12.4 Å². The van der Waals surface area contributed by atoms with Gasteiger partial charge in [0.2, 0.25) is 0 Å². The molecule has 0 aliphatic heterocycles. The smallest absolute Gasteiger partial charge is 0.338 e. The highest BCUT2D eigenvalue weighted by Gasteiger charge is 2.12. The van der Waals surface area contributed by atoms with Gasteiger partial charge in [-0.1, -0.05) is 77.3 Å². The number of Topliss-reactive ketones (excluding diaryl/α,β-unsaturated/α-hetero) is 1. The van der Waals surface area contributed by atoms with Crippen LogP contribution < -0.4 is 4.74 Å². The van der Waals surface area contributed by atoms with E-state index in [1.165, 1.54) is 56.9 Å². The Hall–Kier alpha value is -2.62. The van der Waals surface area contributed by atoms with E-state index in [0.717, 1.165) is 25.0 Å². The van der Waals surface area contributed by atoms with Crippen molar-refractivity contribution in [2.24, 2.45) is 0 Å². The number of benzene rings is 2. The van der Waals surface area contributed by atoms with Gasteiger partial charge in [-0.05, 0) is 61.2 Å². The van der Waals surface area contributed by atoms with Crippen LogP contribution in [-0.2, 0) is 11.2 Å². The molecule has 0 aromatic heterocycles. The molecule has 0 aliphatic carbocycles. The van der Waals surface area contributed by atoms with Crippen molar-refractivity contribution in [1.82, 2.24) is 0 Å². The lowest BCUT2D eigenvalue weighted by atomic mass is 10.0. The fourth-order valence-electron chi connectivity index (χ4n) is 3.67. The van der Waals surface area contributed by atoms with Crippen molar-refractivity contribution in [1.29, 1.82) is 0 Å². The zero-order valence-electron chi connectivity index (χ0n) is 20.4. The van der Waals surface area contributed by atoms with Crippen LogP contribution in [-0.4, -0.2) is 25.0 Å². The summed E-state index contributed by atoms with van der Waals surface area (Å²) < 4.78 is 11.0. The van der Waals surface area contributed by atoms with Gasteiger partial charge in [0.25, 0.3) is 0 Å². The first-order valence-electron chi connectivity index (χ1n) is 12.7. The largest absolute Gasteiger partial charge is 0.494 e. The number of esters is 1. The van der Waals surface area contributed by atoms with Gasteiger partial charge in [-0.3, -0.25) is 4.79 Å². The summed E-state index contributed by atoms with van der Waals surface area (Å²) in [4.78, 5) is 24.7. The third-order valence-electron chi connectivity index (χ3n) is 5.79. The van der Waals surface area contributed by atoms with E-state index in [2.05, 4.69) is 13.8 Å². The van der Waals surface area contributed by atoms with Crippen molar-refractivity contribution in [3.8, 4) is 5.75 Å². The van der Waals surface area contributed by atoms with Gasteiger partial charge >= 0.3 is 5.97 Å². The molecule has 0 spiro atoms.